The van der Waals surface area contributed by atoms with Gasteiger partial charge in [-0.05, 0) is 45.4 Å². The molecule has 1 N–H and O–H groups in total. The zero-order valence-corrected chi connectivity index (χ0v) is 13.3. The molecule has 1 rings (SSSR count). The first kappa shape index (κ1) is 17.5. The predicted octanol–water partition coefficient (Wildman–Crippen LogP) is 1.29. The van der Waals surface area contributed by atoms with Crippen LogP contribution in [0.1, 0.15) is 12.0 Å². The van der Waals surface area contributed by atoms with E-state index in [9.17, 15) is 0 Å². The fraction of sp³-hybridized carbons (Fsp3) is 0.529. The standard InChI is InChI=1S/C17H26N2O2/c1-18(2)11-12-19(3)13-15-21-17-9-7-16(8-10-17)6-4-5-14-20/h7-10,20H,5,11-15H2,1-3H3. The van der Waals surface area contributed by atoms with Crippen molar-refractivity contribution in [3.63, 3.8) is 0 Å². The predicted molar refractivity (Wildman–Crippen MR) is 86.6 cm³/mol. The van der Waals surface area contributed by atoms with E-state index in [4.69, 9.17) is 9.84 Å². The average Bonchev–Trinajstić information content (AvgIpc) is 2.47. The summed E-state index contributed by atoms with van der Waals surface area (Å²) in [4.78, 5) is 4.43. The Morgan fingerprint density at radius 2 is 1.76 bits per heavy atom. The molecule has 116 valence electrons. The molecule has 1 aromatic carbocycles. The number of ether oxygens (including phenoxy) is 1. The second-order valence-electron chi connectivity index (χ2n) is 5.25. The van der Waals surface area contributed by atoms with Gasteiger partial charge in [0.1, 0.15) is 12.4 Å². The van der Waals surface area contributed by atoms with Gasteiger partial charge in [0.15, 0.2) is 0 Å². The highest BCUT2D eigenvalue weighted by Crippen LogP contribution is 2.11. The molecule has 0 atom stereocenters. The lowest BCUT2D eigenvalue weighted by Crippen LogP contribution is -2.31. The van der Waals surface area contributed by atoms with Gasteiger partial charge in [0.25, 0.3) is 0 Å². The fourth-order valence-corrected chi connectivity index (χ4v) is 1.66. The van der Waals surface area contributed by atoms with E-state index in [-0.39, 0.29) is 6.61 Å². The molecule has 0 spiro atoms. The lowest BCUT2D eigenvalue weighted by atomic mass is 10.2. The Labute approximate surface area is 128 Å². The van der Waals surface area contributed by atoms with E-state index in [2.05, 4.69) is 42.8 Å². The van der Waals surface area contributed by atoms with Crippen LogP contribution in [0.3, 0.4) is 0 Å². The first-order chi connectivity index (χ1) is 10.1. The lowest BCUT2D eigenvalue weighted by molar-refractivity contribution is 0.222. The minimum atomic E-state index is 0.107. The largest absolute Gasteiger partial charge is 0.492 e. The van der Waals surface area contributed by atoms with Crippen molar-refractivity contribution in [3.05, 3.63) is 29.8 Å². The third kappa shape index (κ3) is 8.36. The number of likely N-dealkylation sites (N-methyl/N-ethyl adjacent to an activating group) is 2. The molecule has 0 unspecified atom stereocenters. The Morgan fingerprint density at radius 3 is 2.38 bits per heavy atom. The highest BCUT2D eigenvalue weighted by Gasteiger charge is 2.00. The summed E-state index contributed by atoms with van der Waals surface area (Å²) in [5.74, 6) is 6.76. The summed E-state index contributed by atoms with van der Waals surface area (Å²) in [7, 11) is 6.26. The molecule has 0 aromatic heterocycles. The average molecular weight is 290 g/mol. The van der Waals surface area contributed by atoms with Crippen molar-refractivity contribution in [1.29, 1.82) is 0 Å². The third-order valence-electron chi connectivity index (χ3n) is 2.99. The van der Waals surface area contributed by atoms with E-state index in [0.717, 1.165) is 30.9 Å². The highest BCUT2D eigenvalue weighted by molar-refractivity contribution is 5.38. The number of rotatable bonds is 8. The third-order valence-corrected chi connectivity index (χ3v) is 2.99. The zero-order valence-electron chi connectivity index (χ0n) is 13.3. The number of hydrogen-bond acceptors (Lipinski definition) is 4. The molecule has 1 aromatic rings. The number of nitrogens with zero attached hydrogens (tertiary/aromatic N) is 2. The molecule has 0 radical (unpaired) electrons. The van der Waals surface area contributed by atoms with Crippen LogP contribution in [0.15, 0.2) is 24.3 Å². The molecule has 0 bridgehead atoms. The van der Waals surface area contributed by atoms with Crippen LogP contribution in [0.5, 0.6) is 5.75 Å². The molecule has 0 aliphatic heterocycles. The Balaban J connectivity index is 2.28. The molecule has 0 fully saturated rings. The van der Waals surface area contributed by atoms with Gasteiger partial charge in [0, 0.05) is 31.6 Å². The Morgan fingerprint density at radius 1 is 1.05 bits per heavy atom. The van der Waals surface area contributed by atoms with Gasteiger partial charge in [0.05, 0.1) is 6.61 Å². The monoisotopic (exact) mass is 290 g/mol. The summed E-state index contributed by atoms with van der Waals surface area (Å²) in [5, 5.41) is 8.67. The van der Waals surface area contributed by atoms with Crippen molar-refractivity contribution in [2.24, 2.45) is 0 Å². The number of hydrogen-bond donors (Lipinski definition) is 1. The minimum absolute atomic E-state index is 0.107. The van der Waals surface area contributed by atoms with Crippen molar-refractivity contribution in [1.82, 2.24) is 9.80 Å². The van der Waals surface area contributed by atoms with Gasteiger partial charge in [-0.1, -0.05) is 11.8 Å². The zero-order chi connectivity index (χ0) is 15.5. The van der Waals surface area contributed by atoms with Gasteiger partial charge < -0.3 is 19.6 Å². The van der Waals surface area contributed by atoms with Crippen LogP contribution in [0.4, 0.5) is 0 Å². The molecule has 0 saturated heterocycles. The van der Waals surface area contributed by atoms with Crippen LogP contribution in [0, 0.1) is 11.8 Å². The SMILES string of the molecule is CN(C)CCN(C)CCOc1ccc(C#CCCO)cc1. The van der Waals surface area contributed by atoms with E-state index >= 15 is 0 Å². The van der Waals surface area contributed by atoms with Gasteiger partial charge in [-0.2, -0.15) is 0 Å². The molecule has 0 amide bonds. The van der Waals surface area contributed by atoms with Crippen molar-refractivity contribution >= 4 is 0 Å². The summed E-state index contributed by atoms with van der Waals surface area (Å²) < 4.78 is 5.72. The van der Waals surface area contributed by atoms with Gasteiger partial charge in [-0.15, -0.1) is 0 Å². The Hall–Kier alpha value is -1.54. The maximum absolute atomic E-state index is 8.67. The minimum Gasteiger partial charge on any atom is -0.492 e. The smallest absolute Gasteiger partial charge is 0.119 e. The lowest BCUT2D eigenvalue weighted by Gasteiger charge is -2.19. The number of aliphatic hydroxyl groups is 1. The molecule has 21 heavy (non-hydrogen) atoms. The highest BCUT2D eigenvalue weighted by atomic mass is 16.5. The van der Waals surface area contributed by atoms with E-state index in [1.54, 1.807) is 0 Å². The summed E-state index contributed by atoms with van der Waals surface area (Å²) in [6, 6.07) is 7.75. The quantitative estimate of drug-likeness (QED) is 0.732. The fourth-order valence-electron chi connectivity index (χ4n) is 1.66. The van der Waals surface area contributed by atoms with E-state index < -0.39 is 0 Å². The molecular formula is C17H26N2O2. The maximum Gasteiger partial charge on any atom is 0.119 e. The normalized spacial score (nSPS) is 10.6. The number of aliphatic hydroxyl groups excluding tert-OH is 1. The van der Waals surface area contributed by atoms with Gasteiger partial charge in [0.2, 0.25) is 0 Å². The van der Waals surface area contributed by atoms with Crippen LogP contribution in [0.25, 0.3) is 0 Å². The summed E-state index contributed by atoms with van der Waals surface area (Å²) in [6.07, 6.45) is 0.511. The molecule has 0 heterocycles. The van der Waals surface area contributed by atoms with Crippen LogP contribution < -0.4 is 4.74 Å². The van der Waals surface area contributed by atoms with Gasteiger partial charge in [-0.3, -0.25) is 0 Å². The topological polar surface area (TPSA) is 35.9 Å². The molecule has 0 saturated carbocycles. The molecule has 0 aliphatic rings. The van der Waals surface area contributed by atoms with Crippen LogP contribution >= 0.6 is 0 Å². The van der Waals surface area contributed by atoms with Crippen LogP contribution in [-0.4, -0.2) is 68.9 Å². The van der Waals surface area contributed by atoms with Crippen molar-refractivity contribution in [2.45, 2.75) is 6.42 Å². The van der Waals surface area contributed by atoms with E-state index in [0.29, 0.717) is 13.0 Å². The maximum atomic E-state index is 8.67. The molecule has 4 heteroatoms. The van der Waals surface area contributed by atoms with Gasteiger partial charge >= 0.3 is 0 Å². The Bertz CT molecular complexity index is 446. The van der Waals surface area contributed by atoms with Crippen molar-refractivity contribution in [2.75, 3.05) is 54.0 Å². The molecule has 0 aliphatic carbocycles. The second-order valence-corrected chi connectivity index (χ2v) is 5.25. The number of benzene rings is 1. The van der Waals surface area contributed by atoms with Gasteiger partial charge in [-0.25, -0.2) is 0 Å². The first-order valence-corrected chi connectivity index (χ1v) is 7.27. The van der Waals surface area contributed by atoms with Crippen LogP contribution in [0.2, 0.25) is 0 Å². The van der Waals surface area contributed by atoms with Crippen molar-refractivity contribution < 1.29 is 9.84 Å². The Kier molecular flexibility index (Phi) is 8.53. The van der Waals surface area contributed by atoms with E-state index in [1.807, 2.05) is 24.3 Å². The van der Waals surface area contributed by atoms with Crippen molar-refractivity contribution in [3.8, 4) is 17.6 Å². The first-order valence-electron chi connectivity index (χ1n) is 7.27. The summed E-state index contributed by atoms with van der Waals surface area (Å²) in [5.41, 5.74) is 0.943. The molecular weight excluding hydrogens is 264 g/mol. The van der Waals surface area contributed by atoms with E-state index in [1.165, 1.54) is 0 Å². The second kappa shape index (κ2) is 10.2. The summed E-state index contributed by atoms with van der Waals surface area (Å²) in [6.45, 7) is 3.79. The molecule has 4 nitrogen and oxygen atoms in total. The summed E-state index contributed by atoms with van der Waals surface area (Å²) >= 11 is 0. The van der Waals surface area contributed by atoms with Crippen LogP contribution in [-0.2, 0) is 0 Å².